The van der Waals surface area contributed by atoms with Crippen molar-refractivity contribution in [1.29, 1.82) is 0 Å². The van der Waals surface area contributed by atoms with Gasteiger partial charge < -0.3 is 20.1 Å². The number of fused-ring (bicyclic) bond motifs is 1. The second kappa shape index (κ2) is 10.0. The van der Waals surface area contributed by atoms with E-state index in [2.05, 4.69) is 42.7 Å². The second-order valence-corrected chi connectivity index (χ2v) is 7.44. The molecule has 0 radical (unpaired) electrons. The molecule has 0 aliphatic heterocycles. The van der Waals surface area contributed by atoms with E-state index in [0.29, 0.717) is 29.9 Å². The fourth-order valence-electron chi connectivity index (χ4n) is 3.00. The molecule has 1 aromatic carbocycles. The first-order chi connectivity index (χ1) is 15.6. The number of pyridine rings is 1. The molecule has 3 aromatic heterocycles. The van der Waals surface area contributed by atoms with E-state index in [1.165, 1.54) is 6.33 Å². The highest BCUT2D eigenvalue weighted by Gasteiger charge is 2.10. The molecule has 10 nitrogen and oxygen atoms in total. The zero-order valence-corrected chi connectivity index (χ0v) is 18.4. The third kappa shape index (κ3) is 5.27. The van der Waals surface area contributed by atoms with Crippen molar-refractivity contribution in [3.05, 3.63) is 49.1 Å². The minimum Gasteiger partial charge on any atom is -0.486 e. The molecule has 10 heteroatoms. The number of rotatable bonds is 10. The molecular weight excluding hydrogens is 408 g/mol. The number of hydrogen-bond donors (Lipinski definition) is 2. The Bertz CT molecular complexity index is 1160. The van der Waals surface area contributed by atoms with Gasteiger partial charge >= 0.3 is 0 Å². The van der Waals surface area contributed by atoms with Gasteiger partial charge in [0.1, 0.15) is 36.8 Å². The Labute approximate surface area is 186 Å². The topological polar surface area (TPSA) is 116 Å². The number of ether oxygens (including phenoxy) is 2. The van der Waals surface area contributed by atoms with Crippen LogP contribution < -0.4 is 20.1 Å². The van der Waals surface area contributed by atoms with Crippen LogP contribution in [-0.4, -0.2) is 49.6 Å². The highest BCUT2D eigenvalue weighted by atomic mass is 16.5. The summed E-state index contributed by atoms with van der Waals surface area (Å²) in [6, 6.07) is 9.41. The Hall–Kier alpha value is -3.79. The summed E-state index contributed by atoms with van der Waals surface area (Å²) >= 11 is 0. The van der Waals surface area contributed by atoms with Gasteiger partial charge in [-0.1, -0.05) is 0 Å². The normalized spacial score (nSPS) is 11.1. The van der Waals surface area contributed by atoms with Gasteiger partial charge in [0.2, 0.25) is 5.88 Å². The van der Waals surface area contributed by atoms with E-state index >= 15 is 0 Å². The van der Waals surface area contributed by atoms with Crippen LogP contribution in [0.25, 0.3) is 10.9 Å². The number of quaternary nitrogens is 1. The number of benzene rings is 1. The van der Waals surface area contributed by atoms with Crippen molar-refractivity contribution in [2.45, 2.75) is 26.8 Å². The van der Waals surface area contributed by atoms with Crippen molar-refractivity contribution in [2.75, 3.05) is 25.0 Å². The quantitative estimate of drug-likeness (QED) is 0.365. The molecule has 0 amide bonds. The lowest BCUT2D eigenvalue weighted by Gasteiger charge is -2.09. The molecule has 0 unspecified atom stereocenters. The molecule has 32 heavy (non-hydrogen) atoms. The summed E-state index contributed by atoms with van der Waals surface area (Å²) in [4.78, 5) is 14.7. The Morgan fingerprint density at radius 1 is 1.06 bits per heavy atom. The summed E-state index contributed by atoms with van der Waals surface area (Å²) in [7, 11) is 0. The van der Waals surface area contributed by atoms with Crippen LogP contribution >= 0.6 is 0 Å². The molecule has 0 aliphatic carbocycles. The van der Waals surface area contributed by atoms with E-state index in [-0.39, 0.29) is 6.04 Å². The maximum absolute atomic E-state index is 5.94. The van der Waals surface area contributed by atoms with E-state index in [1.54, 1.807) is 23.3 Å². The molecule has 0 saturated heterocycles. The van der Waals surface area contributed by atoms with E-state index in [9.17, 15) is 0 Å². The van der Waals surface area contributed by atoms with Crippen LogP contribution in [0.1, 0.15) is 26.8 Å². The van der Waals surface area contributed by atoms with E-state index in [0.717, 1.165) is 29.7 Å². The first-order valence-corrected chi connectivity index (χ1v) is 10.6. The molecule has 0 saturated carbocycles. The van der Waals surface area contributed by atoms with Gasteiger partial charge in [0.15, 0.2) is 5.82 Å². The lowest BCUT2D eigenvalue weighted by Crippen LogP contribution is -2.84. The zero-order chi connectivity index (χ0) is 22.3. The van der Waals surface area contributed by atoms with Crippen molar-refractivity contribution in [3.63, 3.8) is 0 Å². The Morgan fingerprint density at radius 2 is 1.94 bits per heavy atom. The first-order valence-electron chi connectivity index (χ1n) is 10.6. The average Bonchev–Trinajstić information content (AvgIpc) is 3.27. The van der Waals surface area contributed by atoms with E-state index in [1.807, 2.05) is 38.1 Å². The van der Waals surface area contributed by atoms with Crippen molar-refractivity contribution >= 4 is 22.5 Å². The molecule has 166 valence electrons. The van der Waals surface area contributed by atoms with E-state index < -0.39 is 0 Å². The van der Waals surface area contributed by atoms with Crippen LogP contribution in [0.4, 0.5) is 11.6 Å². The largest absolute Gasteiger partial charge is 0.486 e. The predicted molar refractivity (Wildman–Crippen MR) is 120 cm³/mol. The summed E-state index contributed by atoms with van der Waals surface area (Å²) in [5, 5.41) is 14.9. The molecule has 4 rings (SSSR count). The summed E-state index contributed by atoms with van der Waals surface area (Å²) < 4.78 is 11.6. The molecule has 3 N–H and O–H groups in total. The Kier molecular flexibility index (Phi) is 6.71. The number of likely N-dealkylation sites (N-methyl/N-ethyl adjacent to an activating group) is 1. The van der Waals surface area contributed by atoms with Gasteiger partial charge in [-0.25, -0.2) is 15.0 Å². The highest BCUT2D eigenvalue weighted by molar-refractivity contribution is 5.91. The molecule has 0 bridgehead atoms. The Balaban J connectivity index is 1.48. The third-order valence-electron chi connectivity index (χ3n) is 4.63. The van der Waals surface area contributed by atoms with Gasteiger partial charge in [0.25, 0.3) is 0 Å². The standard InChI is InChI=1S/C22H26N8O2/c1-4-23-9-10-31-17-6-8-21(24-12-17)32-16-5-7-19-18(11-16)22(26-14-25-19)28-20-13-27-30(29-20)15(2)3/h5-8,11-15,23H,4,9-10H2,1-3H3,(H,25,26,28,29)/p+1. The van der Waals surface area contributed by atoms with Crippen molar-refractivity contribution in [1.82, 2.24) is 29.9 Å². The fourth-order valence-corrected chi connectivity index (χ4v) is 3.00. The van der Waals surface area contributed by atoms with Crippen molar-refractivity contribution < 1.29 is 14.8 Å². The lowest BCUT2D eigenvalue weighted by molar-refractivity contribution is -0.652. The molecule has 3 heterocycles. The van der Waals surface area contributed by atoms with Gasteiger partial charge in [-0.05, 0) is 45.0 Å². The van der Waals surface area contributed by atoms with Gasteiger partial charge in [0.05, 0.1) is 30.5 Å². The first kappa shape index (κ1) is 21.4. The monoisotopic (exact) mass is 435 g/mol. The van der Waals surface area contributed by atoms with E-state index in [4.69, 9.17) is 9.47 Å². The summed E-state index contributed by atoms with van der Waals surface area (Å²) in [5.41, 5.74) is 0.784. The van der Waals surface area contributed by atoms with Crippen molar-refractivity contribution in [3.8, 4) is 17.4 Å². The van der Waals surface area contributed by atoms with Gasteiger partial charge in [-0.2, -0.15) is 9.90 Å². The van der Waals surface area contributed by atoms with Gasteiger partial charge in [-0.15, -0.1) is 5.10 Å². The number of nitrogens with two attached hydrogens (primary N) is 1. The predicted octanol–water partition coefficient (Wildman–Crippen LogP) is 2.70. The third-order valence-corrected chi connectivity index (χ3v) is 4.63. The maximum Gasteiger partial charge on any atom is 0.219 e. The number of nitrogens with one attached hydrogen (secondary N) is 1. The van der Waals surface area contributed by atoms with Crippen molar-refractivity contribution in [2.24, 2.45) is 0 Å². The van der Waals surface area contributed by atoms with Crippen LogP contribution in [-0.2, 0) is 0 Å². The number of aromatic nitrogens is 6. The minimum atomic E-state index is 0.173. The number of anilines is 2. The minimum absolute atomic E-state index is 0.173. The van der Waals surface area contributed by atoms with Gasteiger partial charge in [0, 0.05) is 11.5 Å². The molecular formula is C22H27N8O2+. The lowest BCUT2D eigenvalue weighted by atomic mass is 10.2. The summed E-state index contributed by atoms with van der Waals surface area (Å²) in [6.07, 6.45) is 4.84. The van der Waals surface area contributed by atoms with Crippen LogP contribution in [0.3, 0.4) is 0 Å². The molecule has 0 aliphatic rings. The highest BCUT2D eigenvalue weighted by Crippen LogP contribution is 2.28. The summed E-state index contributed by atoms with van der Waals surface area (Å²) in [5.74, 6) is 3.05. The van der Waals surface area contributed by atoms with Crippen LogP contribution in [0.2, 0.25) is 0 Å². The average molecular weight is 436 g/mol. The van der Waals surface area contributed by atoms with Gasteiger partial charge in [-0.3, -0.25) is 0 Å². The zero-order valence-electron chi connectivity index (χ0n) is 18.4. The molecule has 0 atom stereocenters. The van der Waals surface area contributed by atoms with Crippen LogP contribution in [0.5, 0.6) is 17.4 Å². The smallest absolute Gasteiger partial charge is 0.219 e. The second-order valence-electron chi connectivity index (χ2n) is 7.44. The van der Waals surface area contributed by atoms with Crippen LogP contribution in [0, 0.1) is 0 Å². The molecule has 0 fully saturated rings. The maximum atomic E-state index is 5.94. The number of hydrogen-bond acceptors (Lipinski definition) is 8. The SMILES string of the molecule is CC[NH2+]CCOc1ccc(Oc2ccc3ncnc(Nc4cnn(C(C)C)n4)c3c2)nc1. The fraction of sp³-hybridized carbons (Fsp3) is 0.318. The number of nitrogens with zero attached hydrogens (tertiary/aromatic N) is 6. The van der Waals surface area contributed by atoms with Crippen LogP contribution in [0.15, 0.2) is 49.1 Å². The molecule has 4 aromatic rings. The summed E-state index contributed by atoms with van der Waals surface area (Å²) in [6.45, 7) is 8.75. The molecule has 0 spiro atoms. The Morgan fingerprint density at radius 3 is 2.69 bits per heavy atom.